The largest absolute Gasteiger partial charge is 0.316 e. The van der Waals surface area contributed by atoms with Crippen molar-refractivity contribution in [1.82, 2.24) is 4.57 Å². The van der Waals surface area contributed by atoms with Gasteiger partial charge in [-0.3, -0.25) is 4.79 Å². The SMILES string of the molecule is Cc1ccc(-n2cc(C=O)c3ccccc32)cc1. The highest BCUT2D eigenvalue weighted by Gasteiger charge is 2.08. The summed E-state index contributed by atoms with van der Waals surface area (Å²) >= 11 is 0. The summed E-state index contributed by atoms with van der Waals surface area (Å²) in [6.07, 6.45) is 2.80. The Hall–Kier alpha value is -2.35. The number of para-hydroxylation sites is 1. The topological polar surface area (TPSA) is 22.0 Å². The van der Waals surface area contributed by atoms with Crippen LogP contribution in [0.3, 0.4) is 0 Å². The second-order valence-electron chi connectivity index (χ2n) is 4.42. The highest BCUT2D eigenvalue weighted by Crippen LogP contribution is 2.23. The number of carbonyl (C=O) groups is 1. The lowest BCUT2D eigenvalue weighted by Gasteiger charge is -2.05. The first-order valence-electron chi connectivity index (χ1n) is 5.92. The Morgan fingerprint density at radius 3 is 2.44 bits per heavy atom. The molecule has 3 rings (SSSR count). The van der Waals surface area contributed by atoms with Crippen molar-refractivity contribution in [3.05, 3.63) is 65.9 Å². The van der Waals surface area contributed by atoms with Gasteiger partial charge in [0.1, 0.15) is 0 Å². The van der Waals surface area contributed by atoms with Gasteiger partial charge in [0.05, 0.1) is 5.52 Å². The molecule has 0 aliphatic rings. The number of benzene rings is 2. The van der Waals surface area contributed by atoms with Crippen molar-refractivity contribution in [1.29, 1.82) is 0 Å². The van der Waals surface area contributed by atoms with Crippen LogP contribution in [0, 0.1) is 6.92 Å². The first-order valence-corrected chi connectivity index (χ1v) is 5.92. The van der Waals surface area contributed by atoms with Gasteiger partial charge in [-0.15, -0.1) is 0 Å². The molecule has 1 aromatic heterocycles. The number of aryl methyl sites for hydroxylation is 1. The molecule has 18 heavy (non-hydrogen) atoms. The number of fused-ring (bicyclic) bond motifs is 1. The predicted molar refractivity (Wildman–Crippen MR) is 73.4 cm³/mol. The van der Waals surface area contributed by atoms with Crippen LogP contribution in [0.15, 0.2) is 54.7 Å². The van der Waals surface area contributed by atoms with Gasteiger partial charge in [-0.25, -0.2) is 0 Å². The molecule has 0 unspecified atom stereocenters. The molecule has 0 N–H and O–H groups in total. The fourth-order valence-corrected chi connectivity index (χ4v) is 2.22. The summed E-state index contributed by atoms with van der Waals surface area (Å²) in [7, 11) is 0. The number of hydrogen-bond donors (Lipinski definition) is 0. The molecule has 1 heterocycles. The fourth-order valence-electron chi connectivity index (χ4n) is 2.22. The fraction of sp³-hybridized carbons (Fsp3) is 0.0625. The lowest BCUT2D eigenvalue weighted by molar-refractivity contribution is 0.112. The standard InChI is InChI=1S/C16H13NO/c1-12-6-8-14(9-7-12)17-10-13(11-18)15-4-2-3-5-16(15)17/h2-11H,1H3. The van der Waals surface area contributed by atoms with Crippen LogP contribution in [-0.4, -0.2) is 10.9 Å². The second-order valence-corrected chi connectivity index (χ2v) is 4.42. The van der Waals surface area contributed by atoms with Crippen LogP contribution >= 0.6 is 0 Å². The van der Waals surface area contributed by atoms with Crippen molar-refractivity contribution in [2.24, 2.45) is 0 Å². The zero-order valence-corrected chi connectivity index (χ0v) is 10.1. The minimum atomic E-state index is 0.728. The molecule has 0 saturated heterocycles. The van der Waals surface area contributed by atoms with Crippen molar-refractivity contribution in [3.63, 3.8) is 0 Å². The van der Waals surface area contributed by atoms with Gasteiger partial charge in [-0.2, -0.15) is 0 Å². The van der Waals surface area contributed by atoms with Crippen LogP contribution in [0.5, 0.6) is 0 Å². The molecule has 88 valence electrons. The summed E-state index contributed by atoms with van der Waals surface area (Å²) < 4.78 is 2.05. The summed E-state index contributed by atoms with van der Waals surface area (Å²) in [6.45, 7) is 2.06. The Morgan fingerprint density at radius 2 is 1.72 bits per heavy atom. The molecular formula is C16H13NO. The van der Waals surface area contributed by atoms with Gasteiger partial charge in [0.2, 0.25) is 0 Å². The molecule has 0 amide bonds. The number of aromatic nitrogens is 1. The number of aldehydes is 1. The molecule has 2 nitrogen and oxygen atoms in total. The van der Waals surface area contributed by atoms with E-state index in [1.54, 1.807) is 0 Å². The van der Waals surface area contributed by atoms with E-state index < -0.39 is 0 Å². The molecule has 0 fully saturated rings. The minimum Gasteiger partial charge on any atom is -0.316 e. The quantitative estimate of drug-likeness (QED) is 0.620. The maximum atomic E-state index is 11.1. The highest BCUT2D eigenvalue weighted by molar-refractivity contribution is 5.98. The van der Waals surface area contributed by atoms with E-state index in [0.29, 0.717) is 0 Å². The average Bonchev–Trinajstić information content (AvgIpc) is 2.79. The van der Waals surface area contributed by atoms with Gasteiger partial charge in [-0.05, 0) is 25.1 Å². The van der Waals surface area contributed by atoms with Crippen LogP contribution in [0.4, 0.5) is 0 Å². The van der Waals surface area contributed by atoms with Crippen LogP contribution in [0.1, 0.15) is 15.9 Å². The molecule has 0 radical (unpaired) electrons. The smallest absolute Gasteiger partial charge is 0.152 e. The van der Waals surface area contributed by atoms with Gasteiger partial charge < -0.3 is 4.57 Å². The Balaban J connectivity index is 2.29. The highest BCUT2D eigenvalue weighted by atomic mass is 16.1. The van der Waals surface area contributed by atoms with Crippen LogP contribution in [-0.2, 0) is 0 Å². The van der Waals surface area contributed by atoms with Gasteiger partial charge in [0.15, 0.2) is 6.29 Å². The number of nitrogens with zero attached hydrogens (tertiary/aromatic N) is 1. The summed E-state index contributed by atoms with van der Waals surface area (Å²) in [6, 6.07) is 16.2. The zero-order chi connectivity index (χ0) is 12.5. The van der Waals surface area contributed by atoms with Gasteiger partial charge in [0.25, 0.3) is 0 Å². The van der Waals surface area contributed by atoms with Gasteiger partial charge >= 0.3 is 0 Å². The molecule has 3 aromatic rings. The normalized spacial score (nSPS) is 10.7. The van der Waals surface area contributed by atoms with E-state index in [1.165, 1.54) is 5.56 Å². The number of rotatable bonds is 2. The van der Waals surface area contributed by atoms with E-state index in [4.69, 9.17) is 0 Å². The first-order chi connectivity index (χ1) is 8.79. The maximum Gasteiger partial charge on any atom is 0.152 e. The van der Waals surface area contributed by atoms with E-state index in [-0.39, 0.29) is 0 Å². The summed E-state index contributed by atoms with van der Waals surface area (Å²) in [5.74, 6) is 0. The molecule has 2 aromatic carbocycles. The van der Waals surface area contributed by atoms with E-state index in [0.717, 1.165) is 28.4 Å². The van der Waals surface area contributed by atoms with Crippen molar-refractivity contribution in [2.75, 3.05) is 0 Å². The van der Waals surface area contributed by atoms with Crippen molar-refractivity contribution < 1.29 is 4.79 Å². The summed E-state index contributed by atoms with van der Waals surface area (Å²) in [5, 5.41) is 0.994. The van der Waals surface area contributed by atoms with E-state index >= 15 is 0 Å². The third-order valence-corrected chi connectivity index (χ3v) is 3.18. The Kier molecular flexibility index (Phi) is 2.49. The molecule has 0 bridgehead atoms. The molecule has 0 aliphatic carbocycles. The van der Waals surface area contributed by atoms with Gasteiger partial charge in [0, 0.05) is 22.8 Å². The second kappa shape index (κ2) is 4.15. The molecular weight excluding hydrogens is 222 g/mol. The maximum absolute atomic E-state index is 11.1. The monoisotopic (exact) mass is 235 g/mol. The zero-order valence-electron chi connectivity index (χ0n) is 10.1. The number of hydrogen-bond acceptors (Lipinski definition) is 1. The molecule has 0 saturated carbocycles. The molecule has 0 aliphatic heterocycles. The number of carbonyl (C=O) groups excluding carboxylic acids is 1. The third-order valence-electron chi connectivity index (χ3n) is 3.18. The van der Waals surface area contributed by atoms with E-state index in [2.05, 4.69) is 35.8 Å². The van der Waals surface area contributed by atoms with E-state index in [9.17, 15) is 4.79 Å². The van der Waals surface area contributed by atoms with Crippen molar-refractivity contribution in [3.8, 4) is 5.69 Å². The minimum absolute atomic E-state index is 0.728. The third kappa shape index (κ3) is 1.63. The van der Waals surface area contributed by atoms with Gasteiger partial charge in [-0.1, -0.05) is 35.9 Å². The predicted octanol–water partition coefficient (Wildman–Crippen LogP) is 3.75. The van der Waals surface area contributed by atoms with E-state index in [1.807, 2.05) is 30.5 Å². The molecule has 0 spiro atoms. The van der Waals surface area contributed by atoms with Crippen molar-refractivity contribution >= 4 is 17.2 Å². The summed E-state index contributed by atoms with van der Waals surface area (Å²) in [4.78, 5) is 11.1. The Bertz CT molecular complexity index is 708. The average molecular weight is 235 g/mol. The van der Waals surface area contributed by atoms with Crippen LogP contribution in [0.25, 0.3) is 16.6 Å². The van der Waals surface area contributed by atoms with Crippen LogP contribution < -0.4 is 0 Å². The lowest BCUT2D eigenvalue weighted by Crippen LogP contribution is -1.91. The first kappa shape index (κ1) is 10.8. The van der Waals surface area contributed by atoms with Crippen LogP contribution in [0.2, 0.25) is 0 Å². The molecule has 0 atom stereocenters. The Morgan fingerprint density at radius 1 is 1.00 bits per heavy atom. The molecule has 2 heteroatoms. The van der Waals surface area contributed by atoms with Crippen molar-refractivity contribution in [2.45, 2.75) is 6.92 Å². The Labute approximate surface area is 105 Å². The lowest BCUT2D eigenvalue weighted by atomic mass is 10.2. The summed E-state index contributed by atoms with van der Waals surface area (Å²) in [5.41, 5.74) is 4.09.